The average Bonchev–Trinajstić information content (AvgIpc) is 2.01. The van der Waals surface area contributed by atoms with Crippen LogP contribution >= 0.6 is 0 Å². The van der Waals surface area contributed by atoms with Gasteiger partial charge in [0.15, 0.2) is 0 Å². The van der Waals surface area contributed by atoms with Gasteiger partial charge in [-0.05, 0) is 31.5 Å². The third-order valence-electron chi connectivity index (χ3n) is 1.79. The second-order valence-corrected chi connectivity index (χ2v) is 3.36. The van der Waals surface area contributed by atoms with Gasteiger partial charge in [0.05, 0.1) is 0 Å². The zero-order chi connectivity index (χ0) is 10.7. The van der Waals surface area contributed by atoms with Gasteiger partial charge in [0.2, 0.25) is 0 Å². The van der Waals surface area contributed by atoms with Crippen molar-refractivity contribution in [1.82, 2.24) is 0 Å². The molecule has 3 heteroatoms. The van der Waals surface area contributed by atoms with Crippen LogP contribution in [0.3, 0.4) is 0 Å². The van der Waals surface area contributed by atoms with Crippen molar-refractivity contribution in [3.63, 3.8) is 0 Å². The van der Waals surface area contributed by atoms with E-state index in [1.165, 1.54) is 18.2 Å². The molecule has 1 aromatic carbocycles. The molecule has 1 nitrogen and oxygen atoms in total. The molecule has 0 bridgehead atoms. The van der Waals surface area contributed by atoms with Crippen molar-refractivity contribution >= 4 is 6.08 Å². The SMILES string of the molecule is Cc1cc(F)c(/C=C/C(C)N)c(F)c1. The maximum absolute atomic E-state index is 13.2. The molecule has 0 heterocycles. The smallest absolute Gasteiger partial charge is 0.133 e. The Morgan fingerprint density at radius 2 is 1.79 bits per heavy atom. The number of hydrogen-bond acceptors (Lipinski definition) is 1. The molecule has 0 aromatic heterocycles. The van der Waals surface area contributed by atoms with Crippen molar-refractivity contribution in [2.45, 2.75) is 19.9 Å². The average molecular weight is 197 g/mol. The van der Waals surface area contributed by atoms with Gasteiger partial charge in [0, 0.05) is 11.6 Å². The Labute approximate surface area is 82.2 Å². The van der Waals surface area contributed by atoms with Crippen LogP contribution in [0.25, 0.3) is 6.08 Å². The molecule has 2 N–H and O–H groups in total. The molecule has 14 heavy (non-hydrogen) atoms. The summed E-state index contributed by atoms with van der Waals surface area (Å²) in [6.07, 6.45) is 2.92. The topological polar surface area (TPSA) is 26.0 Å². The Morgan fingerprint density at radius 1 is 1.29 bits per heavy atom. The first-order valence-corrected chi connectivity index (χ1v) is 4.40. The zero-order valence-electron chi connectivity index (χ0n) is 8.22. The molecular weight excluding hydrogens is 184 g/mol. The summed E-state index contributed by atoms with van der Waals surface area (Å²) in [6, 6.07) is 2.38. The van der Waals surface area contributed by atoms with E-state index in [0.29, 0.717) is 5.56 Å². The Balaban J connectivity index is 3.09. The molecule has 0 saturated carbocycles. The number of halogens is 2. The first-order chi connectivity index (χ1) is 6.50. The summed E-state index contributed by atoms with van der Waals surface area (Å²) < 4.78 is 26.5. The van der Waals surface area contributed by atoms with Crippen LogP contribution in [0, 0.1) is 18.6 Å². The van der Waals surface area contributed by atoms with Crippen molar-refractivity contribution in [1.29, 1.82) is 0 Å². The lowest BCUT2D eigenvalue weighted by molar-refractivity contribution is 0.576. The normalized spacial score (nSPS) is 13.5. The lowest BCUT2D eigenvalue weighted by atomic mass is 10.1. The number of nitrogens with two attached hydrogens (primary N) is 1. The monoisotopic (exact) mass is 197 g/mol. The standard InChI is InChI=1S/C11H13F2N/c1-7-5-10(12)9(11(13)6-7)4-3-8(2)14/h3-6,8H,14H2,1-2H3/b4-3+. The minimum atomic E-state index is -0.556. The summed E-state index contributed by atoms with van der Waals surface area (Å²) in [6.45, 7) is 3.38. The minimum Gasteiger partial charge on any atom is -0.325 e. The van der Waals surface area contributed by atoms with E-state index >= 15 is 0 Å². The largest absolute Gasteiger partial charge is 0.325 e. The molecule has 76 valence electrons. The van der Waals surface area contributed by atoms with Crippen LogP contribution in [0.4, 0.5) is 8.78 Å². The lowest BCUT2D eigenvalue weighted by Crippen LogP contribution is -2.10. The van der Waals surface area contributed by atoms with Crippen molar-refractivity contribution < 1.29 is 8.78 Å². The molecule has 0 aliphatic heterocycles. The molecule has 0 aliphatic rings. The molecule has 1 unspecified atom stereocenters. The highest BCUT2D eigenvalue weighted by atomic mass is 19.1. The van der Waals surface area contributed by atoms with E-state index in [-0.39, 0.29) is 11.6 Å². The third-order valence-corrected chi connectivity index (χ3v) is 1.79. The predicted molar refractivity (Wildman–Crippen MR) is 53.8 cm³/mol. The molecule has 0 saturated heterocycles. The highest BCUT2D eigenvalue weighted by molar-refractivity contribution is 5.52. The van der Waals surface area contributed by atoms with Gasteiger partial charge in [-0.15, -0.1) is 0 Å². The van der Waals surface area contributed by atoms with Crippen LogP contribution < -0.4 is 5.73 Å². The molecule has 1 atom stereocenters. The maximum atomic E-state index is 13.2. The first-order valence-electron chi connectivity index (χ1n) is 4.40. The second kappa shape index (κ2) is 4.33. The van der Waals surface area contributed by atoms with E-state index in [1.807, 2.05) is 0 Å². The predicted octanol–water partition coefficient (Wildman–Crippen LogP) is 2.63. The van der Waals surface area contributed by atoms with E-state index in [9.17, 15) is 8.78 Å². The molecule has 1 rings (SSSR count). The Hall–Kier alpha value is -1.22. The van der Waals surface area contributed by atoms with Gasteiger partial charge < -0.3 is 5.73 Å². The van der Waals surface area contributed by atoms with Gasteiger partial charge in [-0.3, -0.25) is 0 Å². The second-order valence-electron chi connectivity index (χ2n) is 3.36. The third kappa shape index (κ3) is 2.64. The van der Waals surface area contributed by atoms with Gasteiger partial charge >= 0.3 is 0 Å². The highest BCUT2D eigenvalue weighted by Gasteiger charge is 2.06. The molecule has 0 fully saturated rings. The summed E-state index contributed by atoms with van der Waals surface area (Å²) in [7, 11) is 0. The molecular formula is C11H13F2N. The quantitative estimate of drug-likeness (QED) is 0.774. The van der Waals surface area contributed by atoms with Crippen molar-refractivity contribution in [3.8, 4) is 0 Å². The van der Waals surface area contributed by atoms with Crippen LogP contribution in [0.5, 0.6) is 0 Å². The molecule has 1 aromatic rings. The van der Waals surface area contributed by atoms with Crippen LogP contribution in [0.2, 0.25) is 0 Å². The summed E-state index contributed by atoms with van der Waals surface area (Å²) in [5.74, 6) is -1.11. The van der Waals surface area contributed by atoms with Gasteiger partial charge in [-0.2, -0.15) is 0 Å². The van der Waals surface area contributed by atoms with E-state index < -0.39 is 11.6 Å². The van der Waals surface area contributed by atoms with E-state index in [0.717, 1.165) is 0 Å². The van der Waals surface area contributed by atoms with Gasteiger partial charge in [0.1, 0.15) is 11.6 Å². The van der Waals surface area contributed by atoms with Gasteiger partial charge in [-0.1, -0.05) is 12.2 Å². The lowest BCUT2D eigenvalue weighted by Gasteiger charge is -2.02. The fourth-order valence-corrected chi connectivity index (χ4v) is 1.12. The maximum Gasteiger partial charge on any atom is 0.133 e. The molecule has 0 amide bonds. The molecule has 0 radical (unpaired) electrons. The van der Waals surface area contributed by atoms with Crippen LogP contribution in [-0.4, -0.2) is 6.04 Å². The van der Waals surface area contributed by atoms with Crippen molar-refractivity contribution in [2.24, 2.45) is 5.73 Å². The fraction of sp³-hybridized carbons (Fsp3) is 0.273. The van der Waals surface area contributed by atoms with Crippen LogP contribution in [-0.2, 0) is 0 Å². The number of rotatable bonds is 2. The van der Waals surface area contributed by atoms with E-state index in [1.54, 1.807) is 19.9 Å². The number of aryl methyl sites for hydroxylation is 1. The Morgan fingerprint density at radius 3 is 2.21 bits per heavy atom. The minimum absolute atomic E-state index is 0.0344. The summed E-state index contributed by atoms with van der Waals surface area (Å²) in [4.78, 5) is 0. The summed E-state index contributed by atoms with van der Waals surface area (Å²) in [5.41, 5.74) is 5.97. The van der Waals surface area contributed by atoms with Crippen molar-refractivity contribution in [3.05, 3.63) is 41.0 Å². The van der Waals surface area contributed by atoms with E-state index in [4.69, 9.17) is 5.73 Å². The van der Waals surface area contributed by atoms with Gasteiger partial charge in [0.25, 0.3) is 0 Å². The number of hydrogen-bond donors (Lipinski definition) is 1. The highest BCUT2D eigenvalue weighted by Crippen LogP contribution is 2.16. The fourth-order valence-electron chi connectivity index (χ4n) is 1.12. The van der Waals surface area contributed by atoms with Gasteiger partial charge in [-0.25, -0.2) is 8.78 Å². The number of benzene rings is 1. The first kappa shape index (κ1) is 10.9. The molecule has 0 spiro atoms. The summed E-state index contributed by atoms with van der Waals surface area (Å²) in [5, 5.41) is 0. The van der Waals surface area contributed by atoms with Crippen molar-refractivity contribution in [2.75, 3.05) is 0 Å². The van der Waals surface area contributed by atoms with E-state index in [2.05, 4.69) is 0 Å². The van der Waals surface area contributed by atoms with Crippen LogP contribution in [0.15, 0.2) is 18.2 Å². The molecule has 0 aliphatic carbocycles. The Kier molecular flexibility index (Phi) is 3.36. The Bertz CT molecular complexity index is 333. The zero-order valence-corrected chi connectivity index (χ0v) is 8.22. The summed E-state index contributed by atoms with van der Waals surface area (Å²) >= 11 is 0. The van der Waals surface area contributed by atoms with Crippen LogP contribution in [0.1, 0.15) is 18.1 Å².